The second kappa shape index (κ2) is 8.65. The SMILES string of the molecule is CON(C)C(=O)[C@H](O)[C@H](Cc1ccccc1)NC(=O)OC(C)(C)C. The van der Waals surface area contributed by atoms with E-state index in [0.29, 0.717) is 0 Å². The topological polar surface area (TPSA) is 88.1 Å². The van der Waals surface area contributed by atoms with Crippen molar-refractivity contribution in [2.45, 2.75) is 44.9 Å². The molecule has 0 aromatic heterocycles. The summed E-state index contributed by atoms with van der Waals surface area (Å²) in [7, 11) is 2.71. The Labute approximate surface area is 142 Å². The second-order valence-electron chi connectivity index (χ2n) is 6.41. The summed E-state index contributed by atoms with van der Waals surface area (Å²) in [6.07, 6.45) is -1.90. The summed E-state index contributed by atoms with van der Waals surface area (Å²) in [6.45, 7) is 5.21. The van der Waals surface area contributed by atoms with Gasteiger partial charge in [0.05, 0.1) is 13.2 Å². The molecule has 2 amide bonds. The minimum Gasteiger partial charge on any atom is -0.444 e. The molecule has 0 unspecified atom stereocenters. The van der Waals surface area contributed by atoms with Crippen LogP contribution in [0.25, 0.3) is 0 Å². The molecule has 0 spiro atoms. The van der Waals surface area contributed by atoms with Crippen molar-refractivity contribution in [1.29, 1.82) is 0 Å². The first-order valence-electron chi connectivity index (χ1n) is 7.67. The number of carbonyl (C=O) groups is 2. The van der Waals surface area contributed by atoms with Crippen molar-refractivity contribution in [3.05, 3.63) is 35.9 Å². The standard InChI is InChI=1S/C17H26N2O5/c1-17(2,3)24-16(22)18-13(11-12-9-7-6-8-10-12)14(20)15(21)19(4)23-5/h6-10,13-14,20H,11H2,1-5H3,(H,18,22)/t13-,14+/m0/s1. The van der Waals surface area contributed by atoms with Crippen LogP contribution in [0.2, 0.25) is 0 Å². The molecule has 134 valence electrons. The molecule has 1 aromatic carbocycles. The van der Waals surface area contributed by atoms with E-state index in [0.717, 1.165) is 10.6 Å². The molecule has 0 aliphatic heterocycles. The molecule has 1 aromatic rings. The van der Waals surface area contributed by atoms with E-state index in [2.05, 4.69) is 5.32 Å². The number of likely N-dealkylation sites (N-methyl/N-ethyl adjacent to an activating group) is 1. The summed E-state index contributed by atoms with van der Waals surface area (Å²) in [5.41, 5.74) is 0.185. The number of hydrogen-bond donors (Lipinski definition) is 2. The van der Waals surface area contributed by atoms with Crippen molar-refractivity contribution in [3.63, 3.8) is 0 Å². The average molecular weight is 338 g/mol. The zero-order valence-corrected chi connectivity index (χ0v) is 14.8. The quantitative estimate of drug-likeness (QED) is 0.768. The van der Waals surface area contributed by atoms with Crippen LogP contribution in [0, 0.1) is 0 Å². The number of benzene rings is 1. The molecule has 0 fully saturated rings. The van der Waals surface area contributed by atoms with Gasteiger partial charge in [-0.15, -0.1) is 0 Å². The number of aliphatic hydroxyl groups excluding tert-OH is 1. The summed E-state index contributed by atoms with van der Waals surface area (Å²) in [4.78, 5) is 29.0. The second-order valence-corrected chi connectivity index (χ2v) is 6.41. The first-order chi connectivity index (χ1) is 11.1. The molecule has 0 aliphatic rings. The lowest BCUT2D eigenvalue weighted by Gasteiger charge is -2.28. The van der Waals surface area contributed by atoms with Crippen molar-refractivity contribution < 1.29 is 24.3 Å². The zero-order chi connectivity index (χ0) is 18.3. The third kappa shape index (κ3) is 6.55. The number of amides is 2. The Morgan fingerprint density at radius 1 is 1.25 bits per heavy atom. The van der Waals surface area contributed by atoms with E-state index in [1.165, 1.54) is 14.2 Å². The van der Waals surface area contributed by atoms with Gasteiger partial charge in [0.1, 0.15) is 5.60 Å². The van der Waals surface area contributed by atoms with Gasteiger partial charge in [-0.2, -0.15) is 0 Å². The van der Waals surface area contributed by atoms with Gasteiger partial charge in [-0.3, -0.25) is 9.63 Å². The molecule has 2 atom stereocenters. The molecule has 0 bridgehead atoms. The number of carbonyl (C=O) groups excluding carboxylic acids is 2. The molecule has 0 aliphatic carbocycles. The molecular formula is C17H26N2O5. The largest absolute Gasteiger partial charge is 0.444 e. The van der Waals surface area contributed by atoms with Crippen LogP contribution in [0.5, 0.6) is 0 Å². The third-order valence-corrected chi connectivity index (χ3v) is 3.22. The van der Waals surface area contributed by atoms with Crippen LogP contribution in [0.3, 0.4) is 0 Å². The Balaban J connectivity index is 2.90. The monoisotopic (exact) mass is 338 g/mol. The van der Waals surface area contributed by atoms with Gasteiger partial charge in [-0.1, -0.05) is 30.3 Å². The van der Waals surface area contributed by atoms with E-state index in [-0.39, 0.29) is 6.42 Å². The first kappa shape index (κ1) is 19.9. The fourth-order valence-electron chi connectivity index (χ4n) is 2.02. The lowest BCUT2D eigenvalue weighted by Crippen LogP contribution is -2.52. The number of rotatable bonds is 6. The molecule has 0 heterocycles. The van der Waals surface area contributed by atoms with Gasteiger partial charge >= 0.3 is 6.09 Å². The Morgan fingerprint density at radius 3 is 2.33 bits per heavy atom. The van der Waals surface area contributed by atoms with E-state index >= 15 is 0 Å². The summed E-state index contributed by atoms with van der Waals surface area (Å²) in [5, 5.41) is 13.8. The van der Waals surface area contributed by atoms with Crippen molar-refractivity contribution in [1.82, 2.24) is 10.4 Å². The smallest absolute Gasteiger partial charge is 0.407 e. The molecule has 1 rings (SSSR count). The molecular weight excluding hydrogens is 312 g/mol. The molecule has 0 saturated heterocycles. The van der Waals surface area contributed by atoms with Gasteiger partial charge in [-0.25, -0.2) is 9.86 Å². The number of aliphatic hydroxyl groups is 1. The molecule has 7 nitrogen and oxygen atoms in total. The van der Waals surface area contributed by atoms with Crippen molar-refractivity contribution in [2.75, 3.05) is 14.2 Å². The van der Waals surface area contributed by atoms with Gasteiger partial charge in [0.25, 0.3) is 5.91 Å². The van der Waals surface area contributed by atoms with Crippen LogP contribution in [0.4, 0.5) is 4.79 Å². The molecule has 2 N–H and O–H groups in total. The van der Waals surface area contributed by atoms with Crippen molar-refractivity contribution >= 4 is 12.0 Å². The van der Waals surface area contributed by atoms with Crippen molar-refractivity contribution in [3.8, 4) is 0 Å². The van der Waals surface area contributed by atoms with Gasteiger partial charge in [0.15, 0.2) is 6.10 Å². The maximum absolute atomic E-state index is 12.1. The fraction of sp³-hybridized carbons (Fsp3) is 0.529. The number of alkyl carbamates (subject to hydrolysis) is 1. The third-order valence-electron chi connectivity index (χ3n) is 3.22. The Bertz CT molecular complexity index is 542. The first-order valence-corrected chi connectivity index (χ1v) is 7.67. The minimum atomic E-state index is -1.47. The van der Waals surface area contributed by atoms with Gasteiger partial charge in [0.2, 0.25) is 0 Å². The highest BCUT2D eigenvalue weighted by Crippen LogP contribution is 2.11. The highest BCUT2D eigenvalue weighted by molar-refractivity contribution is 5.81. The number of hydroxylamine groups is 2. The van der Waals surface area contributed by atoms with E-state index in [1.807, 2.05) is 30.3 Å². The van der Waals surface area contributed by atoms with E-state index < -0.39 is 29.7 Å². The lowest BCUT2D eigenvalue weighted by molar-refractivity contribution is -0.179. The highest BCUT2D eigenvalue weighted by Gasteiger charge is 2.31. The summed E-state index contributed by atoms with van der Waals surface area (Å²) >= 11 is 0. The molecule has 24 heavy (non-hydrogen) atoms. The number of nitrogens with zero attached hydrogens (tertiary/aromatic N) is 1. The van der Waals surface area contributed by atoms with E-state index in [9.17, 15) is 14.7 Å². The predicted octanol–water partition coefficient (Wildman–Crippen LogP) is 1.50. The van der Waals surface area contributed by atoms with E-state index in [4.69, 9.17) is 9.57 Å². The number of hydrogen-bond acceptors (Lipinski definition) is 5. The Kier molecular flexibility index (Phi) is 7.18. The van der Waals surface area contributed by atoms with Crippen LogP contribution in [-0.4, -0.2) is 54.1 Å². The van der Waals surface area contributed by atoms with Crippen LogP contribution >= 0.6 is 0 Å². The number of ether oxygens (including phenoxy) is 1. The molecule has 7 heteroatoms. The lowest BCUT2D eigenvalue weighted by atomic mass is 10.0. The predicted molar refractivity (Wildman–Crippen MR) is 89.1 cm³/mol. The van der Waals surface area contributed by atoms with Gasteiger partial charge < -0.3 is 15.2 Å². The van der Waals surface area contributed by atoms with Crippen LogP contribution in [0.15, 0.2) is 30.3 Å². The van der Waals surface area contributed by atoms with Crippen LogP contribution in [0.1, 0.15) is 26.3 Å². The molecule has 0 saturated carbocycles. The fourth-order valence-corrected chi connectivity index (χ4v) is 2.02. The molecule has 0 radical (unpaired) electrons. The maximum Gasteiger partial charge on any atom is 0.407 e. The highest BCUT2D eigenvalue weighted by atomic mass is 16.7. The summed E-state index contributed by atoms with van der Waals surface area (Å²) in [6, 6.07) is 8.39. The normalized spacial score (nSPS) is 13.8. The Hall–Kier alpha value is -2.12. The maximum atomic E-state index is 12.1. The summed E-state index contributed by atoms with van der Waals surface area (Å²) < 4.78 is 5.21. The zero-order valence-electron chi connectivity index (χ0n) is 14.8. The van der Waals surface area contributed by atoms with Crippen molar-refractivity contribution in [2.24, 2.45) is 0 Å². The van der Waals surface area contributed by atoms with Gasteiger partial charge in [0, 0.05) is 7.05 Å². The van der Waals surface area contributed by atoms with E-state index in [1.54, 1.807) is 20.8 Å². The van der Waals surface area contributed by atoms with Crippen LogP contribution in [-0.2, 0) is 20.8 Å². The minimum absolute atomic E-state index is 0.268. The number of nitrogens with one attached hydrogen (secondary N) is 1. The van der Waals surface area contributed by atoms with Gasteiger partial charge in [-0.05, 0) is 32.8 Å². The average Bonchev–Trinajstić information content (AvgIpc) is 2.51. The summed E-state index contributed by atoms with van der Waals surface area (Å²) in [5.74, 6) is -0.658. The Morgan fingerprint density at radius 2 is 1.83 bits per heavy atom. The van der Waals surface area contributed by atoms with Crippen LogP contribution < -0.4 is 5.32 Å².